The van der Waals surface area contributed by atoms with E-state index in [9.17, 15) is 19.2 Å². The number of ketones is 1. The lowest BCUT2D eigenvalue weighted by molar-refractivity contribution is -0.151. The molecule has 2 aliphatic rings. The van der Waals surface area contributed by atoms with Gasteiger partial charge in [-0.25, -0.2) is 0 Å². The zero-order valence-corrected chi connectivity index (χ0v) is 21.6. The molecule has 1 atom stereocenters. The number of esters is 1. The van der Waals surface area contributed by atoms with Gasteiger partial charge in [0.15, 0.2) is 19.0 Å². The molecule has 196 valence electrons. The molecule has 0 spiro atoms. The van der Waals surface area contributed by atoms with Crippen molar-refractivity contribution < 1.29 is 33.4 Å². The molecule has 4 rings (SSSR count). The molecule has 0 N–H and O–H groups in total. The molecule has 0 aliphatic carbocycles. The molecule has 0 saturated carbocycles. The molecule has 2 heterocycles. The topological polar surface area (TPSA) is 102 Å². The number of halogens is 1. The van der Waals surface area contributed by atoms with Crippen LogP contribution in [0.4, 0.5) is 5.69 Å². The molecule has 0 radical (unpaired) electrons. The minimum Gasteiger partial charge on any atom is -0.484 e. The van der Waals surface area contributed by atoms with E-state index >= 15 is 0 Å². The van der Waals surface area contributed by atoms with Crippen LogP contribution < -0.4 is 14.4 Å². The minimum absolute atomic E-state index is 0.214. The Morgan fingerprint density at radius 3 is 2.76 bits per heavy atom. The van der Waals surface area contributed by atoms with E-state index in [-0.39, 0.29) is 56.5 Å². The zero-order valence-electron chi connectivity index (χ0n) is 20.8. The average molecular weight is 529 g/mol. The summed E-state index contributed by atoms with van der Waals surface area (Å²) in [7, 11) is 0. The van der Waals surface area contributed by atoms with Crippen LogP contribution in [0, 0.1) is 12.8 Å². The van der Waals surface area contributed by atoms with Gasteiger partial charge < -0.3 is 19.1 Å². The number of fused-ring (bicyclic) bond motifs is 1. The number of amides is 2. The largest absolute Gasteiger partial charge is 0.484 e. The summed E-state index contributed by atoms with van der Waals surface area (Å²) in [5.41, 5.74) is 1.58. The molecule has 1 fully saturated rings. The van der Waals surface area contributed by atoms with Gasteiger partial charge in [0.1, 0.15) is 18.0 Å². The Kier molecular flexibility index (Phi) is 8.33. The normalized spacial score (nSPS) is 17.1. The van der Waals surface area contributed by atoms with Crippen LogP contribution in [-0.2, 0) is 19.1 Å². The smallest absolute Gasteiger partial charge is 0.310 e. The Morgan fingerprint density at radius 1 is 1.16 bits per heavy atom. The maximum Gasteiger partial charge on any atom is 0.310 e. The number of aryl methyl sites for hydroxylation is 1. The summed E-state index contributed by atoms with van der Waals surface area (Å²) in [6, 6.07) is 10.0. The second-order valence-corrected chi connectivity index (χ2v) is 9.43. The molecule has 2 aliphatic heterocycles. The van der Waals surface area contributed by atoms with Crippen molar-refractivity contribution in [3.63, 3.8) is 0 Å². The molecular weight excluding hydrogens is 500 g/mol. The number of hydrogen-bond donors (Lipinski definition) is 0. The molecule has 0 aromatic heterocycles. The fraction of sp³-hybridized carbons (Fsp3) is 0.407. The van der Waals surface area contributed by atoms with Crippen molar-refractivity contribution >= 4 is 40.9 Å². The summed E-state index contributed by atoms with van der Waals surface area (Å²) in [6.07, 6.45) is 1.33. The Labute approximate surface area is 220 Å². The molecular formula is C27H29ClN2O7. The first-order valence-electron chi connectivity index (χ1n) is 12.2. The van der Waals surface area contributed by atoms with Gasteiger partial charge >= 0.3 is 5.97 Å². The van der Waals surface area contributed by atoms with Gasteiger partial charge in [-0.1, -0.05) is 17.7 Å². The van der Waals surface area contributed by atoms with E-state index in [4.69, 9.17) is 25.8 Å². The van der Waals surface area contributed by atoms with E-state index in [1.807, 2.05) is 13.0 Å². The van der Waals surface area contributed by atoms with Gasteiger partial charge in [-0.3, -0.25) is 24.1 Å². The Morgan fingerprint density at radius 2 is 1.97 bits per heavy atom. The number of rotatable bonds is 8. The molecule has 37 heavy (non-hydrogen) atoms. The summed E-state index contributed by atoms with van der Waals surface area (Å²) in [4.78, 5) is 53.8. The summed E-state index contributed by atoms with van der Waals surface area (Å²) < 4.78 is 16.3. The fourth-order valence-electron chi connectivity index (χ4n) is 4.39. The highest BCUT2D eigenvalue weighted by molar-refractivity contribution is 6.32. The number of carbonyl (C=O) groups is 4. The summed E-state index contributed by atoms with van der Waals surface area (Å²) in [6.45, 7) is 3.98. The molecule has 2 amide bonds. The van der Waals surface area contributed by atoms with E-state index in [0.29, 0.717) is 47.2 Å². The van der Waals surface area contributed by atoms with Gasteiger partial charge in [-0.2, -0.15) is 0 Å². The van der Waals surface area contributed by atoms with Gasteiger partial charge in [-0.05, 0) is 62.6 Å². The van der Waals surface area contributed by atoms with Crippen molar-refractivity contribution in [2.24, 2.45) is 5.92 Å². The van der Waals surface area contributed by atoms with Crippen LogP contribution in [0.15, 0.2) is 36.4 Å². The van der Waals surface area contributed by atoms with Crippen molar-refractivity contribution in [2.45, 2.75) is 26.7 Å². The number of Topliss-reactive ketones (excluding diaryl/α,β-unsaturated/α-hetero) is 1. The first kappa shape index (κ1) is 26.5. The fourth-order valence-corrected chi connectivity index (χ4v) is 4.56. The van der Waals surface area contributed by atoms with Crippen molar-refractivity contribution in [3.05, 3.63) is 52.5 Å². The Hall–Kier alpha value is -3.59. The van der Waals surface area contributed by atoms with E-state index in [0.717, 1.165) is 5.56 Å². The average Bonchev–Trinajstić information content (AvgIpc) is 2.90. The number of anilines is 1. The van der Waals surface area contributed by atoms with Crippen molar-refractivity contribution in [2.75, 3.05) is 44.4 Å². The number of likely N-dealkylation sites (tertiary alicyclic amines) is 1. The van der Waals surface area contributed by atoms with Gasteiger partial charge in [0.2, 0.25) is 5.91 Å². The van der Waals surface area contributed by atoms with Crippen LogP contribution in [0.25, 0.3) is 0 Å². The van der Waals surface area contributed by atoms with Crippen LogP contribution in [0.2, 0.25) is 5.02 Å². The van der Waals surface area contributed by atoms with Crippen molar-refractivity contribution in [3.8, 4) is 11.5 Å². The third-order valence-electron chi connectivity index (χ3n) is 6.36. The van der Waals surface area contributed by atoms with Crippen molar-refractivity contribution in [1.82, 2.24) is 4.90 Å². The number of hydrogen-bond acceptors (Lipinski definition) is 7. The number of carbonyl (C=O) groups excluding carboxylic acids is 4. The lowest BCUT2D eigenvalue weighted by Crippen LogP contribution is -2.49. The monoisotopic (exact) mass is 528 g/mol. The SMILES string of the molecule is CCOC(=O)[C@@H]1CCCN(C(=O)CN2C(=O)COc3ccc(C(=O)COc4cc(C)ccc4Cl)cc32)C1. The first-order chi connectivity index (χ1) is 17.8. The van der Waals surface area contributed by atoms with E-state index in [1.54, 1.807) is 36.1 Å². The third-order valence-corrected chi connectivity index (χ3v) is 6.67. The van der Waals surface area contributed by atoms with Crippen LogP contribution >= 0.6 is 11.6 Å². The maximum atomic E-state index is 13.1. The second kappa shape index (κ2) is 11.6. The highest BCUT2D eigenvalue weighted by Crippen LogP contribution is 2.34. The third kappa shape index (κ3) is 6.22. The summed E-state index contributed by atoms with van der Waals surface area (Å²) in [5.74, 6) is -0.896. The van der Waals surface area contributed by atoms with Crippen molar-refractivity contribution in [1.29, 1.82) is 0 Å². The number of benzene rings is 2. The van der Waals surface area contributed by atoms with E-state index < -0.39 is 5.91 Å². The van der Waals surface area contributed by atoms with Crippen LogP contribution in [0.1, 0.15) is 35.7 Å². The molecule has 0 unspecified atom stereocenters. The Balaban J connectivity index is 1.46. The lowest BCUT2D eigenvalue weighted by atomic mass is 9.98. The van der Waals surface area contributed by atoms with Crippen LogP contribution in [-0.4, -0.2) is 67.9 Å². The first-order valence-corrected chi connectivity index (χ1v) is 12.6. The van der Waals surface area contributed by atoms with Gasteiger partial charge in [0, 0.05) is 18.7 Å². The minimum atomic E-state index is -0.396. The quantitative estimate of drug-likeness (QED) is 0.382. The maximum absolute atomic E-state index is 13.1. The molecule has 9 nitrogen and oxygen atoms in total. The van der Waals surface area contributed by atoms with Gasteiger partial charge in [0.25, 0.3) is 5.91 Å². The molecule has 2 aromatic carbocycles. The molecule has 1 saturated heterocycles. The second-order valence-electron chi connectivity index (χ2n) is 9.03. The predicted molar refractivity (Wildman–Crippen MR) is 136 cm³/mol. The number of ether oxygens (including phenoxy) is 3. The Bertz CT molecular complexity index is 1220. The molecule has 0 bridgehead atoms. The highest BCUT2D eigenvalue weighted by atomic mass is 35.5. The molecule has 10 heteroatoms. The van der Waals surface area contributed by atoms with Crippen LogP contribution in [0.3, 0.4) is 0 Å². The standard InChI is InChI=1S/C27H29ClN2O7/c1-3-35-27(34)19-5-4-10-29(13-19)25(32)14-30-21-12-18(7-9-23(21)37-16-26(30)33)22(31)15-36-24-11-17(2)6-8-20(24)28/h6-9,11-12,19H,3-5,10,13-16H2,1-2H3/t19-/m1/s1. The van der Waals surface area contributed by atoms with Gasteiger partial charge in [-0.15, -0.1) is 0 Å². The number of nitrogens with zero attached hydrogens (tertiary/aromatic N) is 2. The number of piperidine rings is 1. The highest BCUT2D eigenvalue weighted by Gasteiger charge is 2.33. The van der Waals surface area contributed by atoms with E-state index in [1.165, 1.54) is 11.0 Å². The van der Waals surface area contributed by atoms with Crippen LogP contribution in [0.5, 0.6) is 11.5 Å². The predicted octanol–water partition coefficient (Wildman–Crippen LogP) is 3.44. The zero-order chi connectivity index (χ0) is 26.5. The van der Waals surface area contributed by atoms with Gasteiger partial charge in [0.05, 0.1) is 23.2 Å². The summed E-state index contributed by atoms with van der Waals surface area (Å²) >= 11 is 6.15. The summed E-state index contributed by atoms with van der Waals surface area (Å²) in [5, 5.41) is 0.399. The molecule has 2 aromatic rings. The van der Waals surface area contributed by atoms with E-state index in [2.05, 4.69) is 0 Å². The lowest BCUT2D eigenvalue weighted by Gasteiger charge is -2.34.